The van der Waals surface area contributed by atoms with Crippen molar-refractivity contribution in [1.82, 2.24) is 15.3 Å². The van der Waals surface area contributed by atoms with Crippen molar-refractivity contribution in [2.75, 3.05) is 19.0 Å². The van der Waals surface area contributed by atoms with E-state index in [1.165, 1.54) is 25.6 Å². The van der Waals surface area contributed by atoms with Crippen molar-refractivity contribution in [3.05, 3.63) is 83.6 Å². The quantitative estimate of drug-likeness (QED) is 0.598. The molecular weight excluding hydrogens is 375 g/mol. The van der Waals surface area contributed by atoms with Gasteiger partial charge in [-0.25, -0.2) is 19.2 Å². The number of halogens is 1. The van der Waals surface area contributed by atoms with Crippen LogP contribution in [0.2, 0.25) is 0 Å². The van der Waals surface area contributed by atoms with Gasteiger partial charge in [-0.3, -0.25) is 4.79 Å². The van der Waals surface area contributed by atoms with E-state index >= 15 is 0 Å². The number of aromatic nitrogens is 2. The number of esters is 1. The maximum atomic E-state index is 13.6. The first-order valence-corrected chi connectivity index (χ1v) is 8.86. The maximum Gasteiger partial charge on any atom is 0.337 e. The van der Waals surface area contributed by atoms with Gasteiger partial charge in [0.25, 0.3) is 5.91 Å². The summed E-state index contributed by atoms with van der Waals surface area (Å²) in [5.41, 5.74) is 1.69. The number of nitrogens with zero attached hydrogens (tertiary/aromatic N) is 2. The number of carbonyl (C=O) groups excluding carboxylic acids is 2. The summed E-state index contributed by atoms with van der Waals surface area (Å²) >= 11 is 0. The van der Waals surface area contributed by atoms with Crippen LogP contribution in [0.15, 0.2) is 60.9 Å². The number of ether oxygens (including phenoxy) is 1. The third-order valence-electron chi connectivity index (χ3n) is 4.09. The Morgan fingerprint density at radius 1 is 1.07 bits per heavy atom. The van der Waals surface area contributed by atoms with E-state index in [0.717, 1.165) is 0 Å². The first-order valence-electron chi connectivity index (χ1n) is 8.86. The van der Waals surface area contributed by atoms with E-state index in [1.54, 1.807) is 42.5 Å². The van der Waals surface area contributed by atoms with Crippen LogP contribution in [0.25, 0.3) is 0 Å². The van der Waals surface area contributed by atoms with E-state index < -0.39 is 11.9 Å². The lowest BCUT2D eigenvalue weighted by Gasteiger charge is -2.09. The Balaban J connectivity index is 1.62. The molecule has 0 fully saturated rings. The number of anilines is 2. The molecule has 0 bridgehead atoms. The highest BCUT2D eigenvalue weighted by Crippen LogP contribution is 2.17. The van der Waals surface area contributed by atoms with Crippen LogP contribution in [0.3, 0.4) is 0 Å². The first kappa shape index (κ1) is 19.9. The summed E-state index contributed by atoms with van der Waals surface area (Å²) in [7, 11) is 1.31. The Morgan fingerprint density at radius 3 is 2.69 bits per heavy atom. The van der Waals surface area contributed by atoms with Gasteiger partial charge in [0.1, 0.15) is 23.7 Å². The number of carbonyl (C=O) groups is 2. The predicted molar refractivity (Wildman–Crippen MR) is 106 cm³/mol. The van der Waals surface area contributed by atoms with Crippen LogP contribution >= 0.6 is 0 Å². The third kappa shape index (κ3) is 5.35. The summed E-state index contributed by atoms with van der Waals surface area (Å²) in [5, 5.41) is 5.73. The van der Waals surface area contributed by atoms with Crippen molar-refractivity contribution >= 4 is 23.4 Å². The summed E-state index contributed by atoms with van der Waals surface area (Å²) in [6.45, 7) is 0.272. The molecule has 0 atom stereocenters. The predicted octanol–water partition coefficient (Wildman–Crippen LogP) is 3.12. The maximum absolute atomic E-state index is 13.6. The Labute approximate surface area is 167 Å². The molecule has 3 rings (SSSR count). The molecule has 8 heteroatoms. The molecule has 0 saturated heterocycles. The number of rotatable bonds is 7. The minimum absolute atomic E-state index is 0.167. The average Bonchev–Trinajstić information content (AvgIpc) is 2.75. The van der Waals surface area contributed by atoms with Crippen LogP contribution in [-0.4, -0.2) is 35.5 Å². The number of hydrogen-bond acceptors (Lipinski definition) is 6. The van der Waals surface area contributed by atoms with Crippen molar-refractivity contribution in [2.45, 2.75) is 6.42 Å². The molecule has 2 N–H and O–H groups in total. The SMILES string of the molecule is COC(=O)c1cccc(Nc2cc(C(=O)NCCc3ccccc3F)ncn2)c1. The second-order valence-electron chi connectivity index (χ2n) is 6.08. The van der Waals surface area contributed by atoms with Crippen LogP contribution in [0.5, 0.6) is 0 Å². The molecule has 0 aliphatic heterocycles. The van der Waals surface area contributed by atoms with Crippen LogP contribution in [0, 0.1) is 5.82 Å². The van der Waals surface area contributed by atoms with Gasteiger partial charge < -0.3 is 15.4 Å². The van der Waals surface area contributed by atoms with Crippen molar-refractivity contribution in [3.63, 3.8) is 0 Å². The highest BCUT2D eigenvalue weighted by atomic mass is 19.1. The molecular formula is C21H19FN4O3. The molecule has 1 amide bonds. The van der Waals surface area contributed by atoms with Gasteiger partial charge in [-0.05, 0) is 36.2 Å². The van der Waals surface area contributed by atoms with Crippen LogP contribution in [0.4, 0.5) is 15.9 Å². The number of hydrogen-bond donors (Lipinski definition) is 2. The Hall–Kier alpha value is -3.81. The molecule has 0 radical (unpaired) electrons. The number of nitrogens with one attached hydrogen (secondary N) is 2. The molecule has 0 unspecified atom stereocenters. The minimum Gasteiger partial charge on any atom is -0.465 e. The largest absolute Gasteiger partial charge is 0.465 e. The van der Waals surface area contributed by atoms with Crippen molar-refractivity contribution < 1.29 is 18.7 Å². The van der Waals surface area contributed by atoms with Crippen LogP contribution in [0.1, 0.15) is 26.4 Å². The smallest absolute Gasteiger partial charge is 0.337 e. The van der Waals surface area contributed by atoms with Gasteiger partial charge >= 0.3 is 5.97 Å². The zero-order valence-corrected chi connectivity index (χ0v) is 15.7. The van der Waals surface area contributed by atoms with E-state index in [1.807, 2.05) is 0 Å². The van der Waals surface area contributed by atoms with Gasteiger partial charge in [0.05, 0.1) is 12.7 Å². The van der Waals surface area contributed by atoms with Crippen molar-refractivity contribution in [3.8, 4) is 0 Å². The zero-order chi connectivity index (χ0) is 20.6. The van der Waals surface area contributed by atoms with Gasteiger partial charge in [-0.2, -0.15) is 0 Å². The number of methoxy groups -OCH3 is 1. The monoisotopic (exact) mass is 394 g/mol. The van der Waals surface area contributed by atoms with Gasteiger partial charge in [0.2, 0.25) is 0 Å². The Morgan fingerprint density at radius 2 is 1.90 bits per heavy atom. The molecule has 2 aromatic carbocycles. The van der Waals surface area contributed by atoms with E-state index in [0.29, 0.717) is 29.1 Å². The van der Waals surface area contributed by atoms with Gasteiger partial charge in [-0.1, -0.05) is 24.3 Å². The topological polar surface area (TPSA) is 93.2 Å². The van der Waals surface area contributed by atoms with Crippen molar-refractivity contribution in [2.24, 2.45) is 0 Å². The Kier molecular flexibility index (Phi) is 6.47. The zero-order valence-electron chi connectivity index (χ0n) is 15.7. The van der Waals surface area contributed by atoms with E-state index in [4.69, 9.17) is 4.74 Å². The normalized spacial score (nSPS) is 10.3. The van der Waals surface area contributed by atoms with E-state index in [2.05, 4.69) is 20.6 Å². The molecule has 1 aromatic heterocycles. The number of amides is 1. The fourth-order valence-electron chi connectivity index (χ4n) is 2.64. The summed E-state index contributed by atoms with van der Waals surface area (Å²) in [6, 6.07) is 14.6. The minimum atomic E-state index is -0.453. The average molecular weight is 394 g/mol. The molecule has 1 heterocycles. The lowest BCUT2D eigenvalue weighted by Crippen LogP contribution is -2.26. The highest BCUT2D eigenvalue weighted by molar-refractivity contribution is 5.93. The lowest BCUT2D eigenvalue weighted by atomic mass is 10.1. The Bertz CT molecular complexity index is 1030. The number of benzene rings is 2. The molecule has 3 aromatic rings. The van der Waals surface area contributed by atoms with E-state index in [9.17, 15) is 14.0 Å². The van der Waals surface area contributed by atoms with Crippen LogP contribution < -0.4 is 10.6 Å². The summed E-state index contributed by atoms with van der Waals surface area (Å²) in [5.74, 6) is -0.757. The molecule has 0 aliphatic carbocycles. The molecule has 7 nitrogen and oxygen atoms in total. The standard InChI is InChI=1S/C21H19FN4O3/c1-29-21(28)15-6-4-7-16(11-15)26-19-12-18(24-13-25-19)20(27)23-10-9-14-5-2-3-8-17(14)22/h2-8,11-13H,9-10H2,1H3,(H,23,27)(H,24,25,26). The summed E-state index contributed by atoms with van der Waals surface area (Å²) in [6.07, 6.45) is 1.63. The van der Waals surface area contributed by atoms with Crippen molar-refractivity contribution in [1.29, 1.82) is 0 Å². The van der Waals surface area contributed by atoms with E-state index in [-0.39, 0.29) is 18.1 Å². The lowest BCUT2D eigenvalue weighted by molar-refractivity contribution is 0.0600. The third-order valence-corrected chi connectivity index (χ3v) is 4.09. The summed E-state index contributed by atoms with van der Waals surface area (Å²) < 4.78 is 18.3. The van der Waals surface area contributed by atoms with Crippen LogP contribution in [-0.2, 0) is 11.2 Å². The first-order chi connectivity index (χ1) is 14.1. The van der Waals surface area contributed by atoms with Gasteiger partial charge in [0.15, 0.2) is 0 Å². The molecule has 0 aliphatic rings. The second-order valence-corrected chi connectivity index (χ2v) is 6.08. The second kappa shape index (κ2) is 9.41. The highest BCUT2D eigenvalue weighted by Gasteiger charge is 2.10. The summed E-state index contributed by atoms with van der Waals surface area (Å²) in [4.78, 5) is 32.0. The fourth-order valence-corrected chi connectivity index (χ4v) is 2.64. The molecule has 0 saturated carbocycles. The van der Waals surface area contributed by atoms with Gasteiger partial charge in [-0.15, -0.1) is 0 Å². The molecule has 0 spiro atoms. The van der Waals surface area contributed by atoms with Gasteiger partial charge in [0, 0.05) is 18.3 Å². The molecule has 29 heavy (non-hydrogen) atoms. The molecule has 148 valence electrons. The fraction of sp³-hybridized carbons (Fsp3) is 0.143.